The van der Waals surface area contributed by atoms with Crippen LogP contribution >= 0.6 is 11.6 Å². The third kappa shape index (κ3) is 5.83. The Labute approximate surface area is 200 Å². The fraction of sp³-hybridized carbons (Fsp3) is 0.407. The second-order valence-corrected chi connectivity index (χ2v) is 9.18. The van der Waals surface area contributed by atoms with Gasteiger partial charge in [0, 0.05) is 24.4 Å². The minimum Gasteiger partial charge on any atom is -0.497 e. The first-order valence-corrected chi connectivity index (χ1v) is 11.8. The molecule has 3 heterocycles. The number of halogens is 1. The van der Waals surface area contributed by atoms with Crippen molar-refractivity contribution in [2.75, 3.05) is 33.4 Å². The van der Waals surface area contributed by atoms with Crippen molar-refractivity contribution in [3.63, 3.8) is 0 Å². The maximum Gasteiger partial charge on any atom is 0.119 e. The average Bonchev–Trinajstić information content (AvgIpc) is 2.86. The van der Waals surface area contributed by atoms with Crippen molar-refractivity contribution in [1.29, 1.82) is 0 Å². The number of pyridine rings is 2. The van der Waals surface area contributed by atoms with Gasteiger partial charge in [-0.15, -0.1) is 0 Å². The lowest BCUT2D eigenvalue weighted by Crippen LogP contribution is -2.42. The Kier molecular flexibility index (Phi) is 7.82. The molecule has 2 aromatic heterocycles. The highest BCUT2D eigenvalue weighted by molar-refractivity contribution is 6.32. The summed E-state index contributed by atoms with van der Waals surface area (Å²) in [5.74, 6) is 7.17. The summed E-state index contributed by atoms with van der Waals surface area (Å²) in [7, 11) is 1.67. The van der Waals surface area contributed by atoms with Crippen molar-refractivity contribution in [3.05, 3.63) is 65.1 Å². The molecule has 1 aromatic carbocycles. The number of piperidine rings is 1. The quantitative estimate of drug-likeness (QED) is 0.513. The van der Waals surface area contributed by atoms with Crippen LogP contribution < -0.4 is 4.74 Å². The van der Waals surface area contributed by atoms with Crippen LogP contribution in [0.3, 0.4) is 0 Å². The molecular formula is C27H30ClN3O2. The summed E-state index contributed by atoms with van der Waals surface area (Å²) in [6.07, 6.45) is 8.25. The van der Waals surface area contributed by atoms with Crippen LogP contribution in [0.2, 0.25) is 5.02 Å². The highest BCUT2D eigenvalue weighted by Gasteiger charge is 2.33. The number of aliphatic hydroxyl groups is 1. The normalized spacial score (nSPS) is 15.7. The molecule has 4 rings (SSSR count). The molecule has 1 saturated heterocycles. The predicted molar refractivity (Wildman–Crippen MR) is 133 cm³/mol. The molecule has 0 aliphatic carbocycles. The third-order valence-electron chi connectivity index (χ3n) is 6.70. The van der Waals surface area contributed by atoms with E-state index >= 15 is 0 Å². The van der Waals surface area contributed by atoms with Crippen LogP contribution in [0.15, 0.2) is 48.8 Å². The van der Waals surface area contributed by atoms with Crippen LogP contribution in [0.25, 0.3) is 10.9 Å². The SMILES string of the molecule is COc1ccc2ncc(Cl)c(CCCC3(CO)CCN(CC#Cc4ccccn4)CC3)c2c1. The van der Waals surface area contributed by atoms with Gasteiger partial charge in [-0.05, 0) is 92.4 Å². The predicted octanol–water partition coefficient (Wildman–Crippen LogP) is 4.74. The molecule has 172 valence electrons. The molecule has 5 nitrogen and oxygen atoms in total. The molecule has 6 heteroatoms. The number of rotatable bonds is 7. The van der Waals surface area contributed by atoms with Crippen molar-refractivity contribution in [1.82, 2.24) is 14.9 Å². The fourth-order valence-corrected chi connectivity index (χ4v) is 4.82. The Hall–Kier alpha value is -2.65. The van der Waals surface area contributed by atoms with E-state index in [1.807, 2.05) is 36.4 Å². The van der Waals surface area contributed by atoms with Crippen LogP contribution in [0.4, 0.5) is 0 Å². The Morgan fingerprint density at radius 1 is 1.18 bits per heavy atom. The van der Waals surface area contributed by atoms with Gasteiger partial charge >= 0.3 is 0 Å². The van der Waals surface area contributed by atoms with Gasteiger partial charge in [0.15, 0.2) is 0 Å². The van der Waals surface area contributed by atoms with Gasteiger partial charge in [-0.3, -0.25) is 9.88 Å². The van der Waals surface area contributed by atoms with E-state index in [1.54, 1.807) is 19.5 Å². The summed E-state index contributed by atoms with van der Waals surface area (Å²) in [4.78, 5) is 11.1. The second-order valence-electron chi connectivity index (χ2n) is 8.77. The van der Waals surface area contributed by atoms with Crippen LogP contribution in [-0.2, 0) is 6.42 Å². The third-order valence-corrected chi connectivity index (χ3v) is 7.03. The smallest absolute Gasteiger partial charge is 0.119 e. The first-order chi connectivity index (χ1) is 16.1. The molecular weight excluding hydrogens is 434 g/mol. The maximum atomic E-state index is 10.2. The number of methoxy groups -OCH3 is 1. The molecule has 33 heavy (non-hydrogen) atoms. The number of aromatic nitrogens is 2. The Balaban J connectivity index is 1.34. The van der Waals surface area contributed by atoms with E-state index in [4.69, 9.17) is 16.3 Å². The first-order valence-electron chi connectivity index (χ1n) is 11.5. The van der Waals surface area contributed by atoms with Gasteiger partial charge < -0.3 is 9.84 Å². The summed E-state index contributed by atoms with van der Waals surface area (Å²) in [5.41, 5.74) is 2.81. The standard InChI is InChI=1S/C27H30ClN3O2/c1-33-22-9-10-26-24(18-22)23(25(28)19-30-26)8-4-11-27(20-32)12-16-31(17-13-27)15-5-7-21-6-2-3-14-29-21/h2-3,6,9-10,14,18-19,32H,4,8,11-13,15-17,20H2,1H3. The lowest BCUT2D eigenvalue weighted by Gasteiger charge is -2.40. The van der Waals surface area contributed by atoms with Gasteiger partial charge in [0.05, 0.1) is 24.2 Å². The molecule has 0 spiro atoms. The Morgan fingerprint density at radius 2 is 2.03 bits per heavy atom. The zero-order chi connectivity index (χ0) is 23.1. The first kappa shape index (κ1) is 23.5. The molecule has 1 aliphatic rings. The van der Waals surface area contributed by atoms with Crippen LogP contribution in [-0.4, -0.2) is 53.3 Å². The monoisotopic (exact) mass is 463 g/mol. The van der Waals surface area contributed by atoms with Crippen molar-refractivity contribution in [2.24, 2.45) is 5.41 Å². The van der Waals surface area contributed by atoms with Gasteiger partial charge in [0.25, 0.3) is 0 Å². The molecule has 1 aliphatic heterocycles. The van der Waals surface area contributed by atoms with Gasteiger partial charge in [0.1, 0.15) is 11.4 Å². The van der Waals surface area contributed by atoms with E-state index in [2.05, 4.69) is 26.7 Å². The van der Waals surface area contributed by atoms with E-state index in [0.717, 1.165) is 79.6 Å². The van der Waals surface area contributed by atoms with E-state index in [0.29, 0.717) is 5.02 Å². The molecule has 1 fully saturated rings. The number of likely N-dealkylation sites (tertiary alicyclic amines) is 1. The molecule has 3 aromatic rings. The van der Waals surface area contributed by atoms with Crippen molar-refractivity contribution < 1.29 is 9.84 Å². The number of aliphatic hydroxyl groups excluding tert-OH is 1. The summed E-state index contributed by atoms with van der Waals surface area (Å²) in [6.45, 7) is 2.86. The fourth-order valence-electron chi connectivity index (χ4n) is 4.57. The van der Waals surface area contributed by atoms with E-state index in [1.165, 1.54) is 0 Å². The minimum atomic E-state index is -0.0298. The number of ether oxygens (including phenoxy) is 1. The Bertz CT molecular complexity index is 1130. The number of nitrogens with zero attached hydrogens (tertiary/aromatic N) is 3. The molecule has 0 saturated carbocycles. The number of hydrogen-bond donors (Lipinski definition) is 1. The number of aryl methyl sites for hydroxylation is 1. The highest BCUT2D eigenvalue weighted by Crippen LogP contribution is 2.37. The molecule has 0 atom stereocenters. The maximum absolute atomic E-state index is 10.2. The summed E-state index contributed by atoms with van der Waals surface area (Å²) >= 11 is 6.52. The van der Waals surface area contributed by atoms with Crippen molar-refractivity contribution >= 4 is 22.5 Å². The van der Waals surface area contributed by atoms with E-state index in [-0.39, 0.29) is 12.0 Å². The largest absolute Gasteiger partial charge is 0.497 e. The van der Waals surface area contributed by atoms with Gasteiger partial charge in [0.2, 0.25) is 0 Å². The summed E-state index contributed by atoms with van der Waals surface area (Å²) in [6, 6.07) is 11.7. The Morgan fingerprint density at radius 3 is 2.76 bits per heavy atom. The zero-order valence-corrected chi connectivity index (χ0v) is 19.8. The van der Waals surface area contributed by atoms with Gasteiger partial charge in [-0.25, -0.2) is 4.98 Å². The van der Waals surface area contributed by atoms with Crippen LogP contribution in [0.5, 0.6) is 5.75 Å². The lowest BCUT2D eigenvalue weighted by atomic mass is 9.75. The second kappa shape index (κ2) is 11.0. The summed E-state index contributed by atoms with van der Waals surface area (Å²) in [5, 5.41) is 12.0. The zero-order valence-electron chi connectivity index (χ0n) is 19.1. The number of fused-ring (bicyclic) bond motifs is 1. The molecule has 1 N–H and O–H groups in total. The number of benzene rings is 1. The van der Waals surface area contributed by atoms with E-state index in [9.17, 15) is 5.11 Å². The molecule has 0 unspecified atom stereocenters. The van der Waals surface area contributed by atoms with Gasteiger partial charge in [-0.1, -0.05) is 23.6 Å². The van der Waals surface area contributed by atoms with Crippen LogP contribution in [0.1, 0.15) is 36.9 Å². The molecule has 0 bridgehead atoms. The number of hydrogen-bond acceptors (Lipinski definition) is 5. The topological polar surface area (TPSA) is 58.5 Å². The molecule has 0 amide bonds. The van der Waals surface area contributed by atoms with Crippen LogP contribution in [0, 0.1) is 17.3 Å². The van der Waals surface area contributed by atoms with Crippen molar-refractivity contribution in [3.8, 4) is 17.6 Å². The summed E-state index contributed by atoms with van der Waals surface area (Å²) < 4.78 is 5.39. The van der Waals surface area contributed by atoms with Crippen molar-refractivity contribution in [2.45, 2.75) is 32.1 Å². The van der Waals surface area contributed by atoms with E-state index < -0.39 is 0 Å². The lowest BCUT2D eigenvalue weighted by molar-refractivity contribution is 0.0401. The average molecular weight is 464 g/mol. The minimum absolute atomic E-state index is 0.0298. The molecule has 0 radical (unpaired) electrons. The van der Waals surface area contributed by atoms with Gasteiger partial charge in [-0.2, -0.15) is 0 Å². The highest BCUT2D eigenvalue weighted by atomic mass is 35.5.